The molecular weight excluding hydrogens is 212 g/mol. The molecule has 0 radical (unpaired) electrons. The SMILES string of the molecule is N[C@H](CN1CCC(CO)CC1)c1ccccc1. The third-order valence-corrected chi connectivity index (χ3v) is 3.65. The van der Waals surface area contributed by atoms with E-state index in [1.54, 1.807) is 0 Å². The molecule has 0 spiro atoms. The van der Waals surface area contributed by atoms with Gasteiger partial charge in [0, 0.05) is 19.2 Å². The van der Waals surface area contributed by atoms with Gasteiger partial charge < -0.3 is 15.7 Å². The van der Waals surface area contributed by atoms with Gasteiger partial charge in [-0.2, -0.15) is 0 Å². The molecule has 0 saturated carbocycles. The number of hydrogen-bond acceptors (Lipinski definition) is 3. The lowest BCUT2D eigenvalue weighted by Gasteiger charge is -2.32. The number of piperidine rings is 1. The Morgan fingerprint density at radius 1 is 1.24 bits per heavy atom. The Balaban J connectivity index is 1.82. The van der Waals surface area contributed by atoms with Crippen LogP contribution in [-0.4, -0.2) is 36.2 Å². The molecule has 17 heavy (non-hydrogen) atoms. The number of hydrogen-bond donors (Lipinski definition) is 2. The van der Waals surface area contributed by atoms with Crippen LogP contribution in [0.5, 0.6) is 0 Å². The summed E-state index contributed by atoms with van der Waals surface area (Å²) in [6.07, 6.45) is 2.19. The summed E-state index contributed by atoms with van der Waals surface area (Å²) in [7, 11) is 0. The molecule has 0 bridgehead atoms. The predicted octanol–water partition coefficient (Wildman–Crippen LogP) is 1.39. The second-order valence-corrected chi connectivity index (χ2v) is 4.94. The molecule has 1 aliphatic heterocycles. The third-order valence-electron chi connectivity index (χ3n) is 3.65. The molecule has 0 aromatic heterocycles. The molecule has 1 atom stereocenters. The lowest BCUT2D eigenvalue weighted by molar-refractivity contribution is 0.127. The van der Waals surface area contributed by atoms with E-state index in [1.165, 1.54) is 5.56 Å². The van der Waals surface area contributed by atoms with Gasteiger partial charge in [-0.1, -0.05) is 30.3 Å². The zero-order valence-corrected chi connectivity index (χ0v) is 10.3. The quantitative estimate of drug-likeness (QED) is 0.827. The van der Waals surface area contributed by atoms with E-state index in [2.05, 4.69) is 17.0 Å². The van der Waals surface area contributed by atoms with Crippen molar-refractivity contribution in [3.63, 3.8) is 0 Å². The summed E-state index contributed by atoms with van der Waals surface area (Å²) in [6, 6.07) is 10.4. The van der Waals surface area contributed by atoms with Gasteiger partial charge in [0.1, 0.15) is 0 Å². The highest BCUT2D eigenvalue weighted by atomic mass is 16.3. The second kappa shape index (κ2) is 6.15. The first kappa shape index (κ1) is 12.6. The van der Waals surface area contributed by atoms with E-state index >= 15 is 0 Å². The van der Waals surface area contributed by atoms with Crippen LogP contribution in [-0.2, 0) is 0 Å². The highest BCUT2D eigenvalue weighted by Crippen LogP contribution is 2.19. The number of benzene rings is 1. The minimum absolute atomic E-state index is 0.0990. The summed E-state index contributed by atoms with van der Waals surface area (Å²) in [5.41, 5.74) is 7.41. The van der Waals surface area contributed by atoms with Crippen molar-refractivity contribution in [1.29, 1.82) is 0 Å². The van der Waals surface area contributed by atoms with Crippen LogP contribution in [0.4, 0.5) is 0 Å². The minimum Gasteiger partial charge on any atom is -0.396 e. The number of rotatable bonds is 4. The summed E-state index contributed by atoms with van der Waals surface area (Å²) in [5, 5.41) is 9.09. The first-order valence-electron chi connectivity index (χ1n) is 6.43. The van der Waals surface area contributed by atoms with Crippen molar-refractivity contribution in [3.8, 4) is 0 Å². The Morgan fingerprint density at radius 2 is 1.88 bits per heavy atom. The summed E-state index contributed by atoms with van der Waals surface area (Å²) in [6.45, 7) is 3.37. The second-order valence-electron chi connectivity index (χ2n) is 4.94. The van der Waals surface area contributed by atoms with Gasteiger partial charge in [-0.05, 0) is 37.4 Å². The molecule has 0 amide bonds. The zero-order chi connectivity index (χ0) is 12.1. The van der Waals surface area contributed by atoms with Gasteiger partial charge >= 0.3 is 0 Å². The molecule has 0 unspecified atom stereocenters. The molecule has 0 aliphatic carbocycles. The van der Waals surface area contributed by atoms with Gasteiger partial charge in [-0.25, -0.2) is 0 Å². The number of nitrogens with zero attached hydrogens (tertiary/aromatic N) is 1. The van der Waals surface area contributed by atoms with Crippen molar-refractivity contribution < 1.29 is 5.11 Å². The monoisotopic (exact) mass is 234 g/mol. The highest BCUT2D eigenvalue weighted by molar-refractivity contribution is 5.18. The molecule has 94 valence electrons. The Labute approximate surface area is 103 Å². The standard InChI is InChI=1S/C14H22N2O/c15-14(13-4-2-1-3-5-13)10-16-8-6-12(11-17)7-9-16/h1-5,12,14,17H,6-11,15H2/t14-/m1/s1. The Bertz CT molecular complexity index is 320. The van der Waals surface area contributed by atoms with Crippen LogP contribution in [0.2, 0.25) is 0 Å². The molecule has 1 saturated heterocycles. The van der Waals surface area contributed by atoms with Crippen molar-refractivity contribution >= 4 is 0 Å². The first-order valence-corrected chi connectivity index (χ1v) is 6.43. The largest absolute Gasteiger partial charge is 0.396 e. The van der Waals surface area contributed by atoms with E-state index < -0.39 is 0 Å². The fourth-order valence-electron chi connectivity index (χ4n) is 2.44. The molecule has 1 aromatic rings. The Hall–Kier alpha value is -0.900. The van der Waals surface area contributed by atoms with Gasteiger partial charge in [0.2, 0.25) is 0 Å². The molecular formula is C14H22N2O. The fraction of sp³-hybridized carbons (Fsp3) is 0.571. The van der Waals surface area contributed by atoms with Crippen molar-refractivity contribution in [2.24, 2.45) is 11.7 Å². The Kier molecular flexibility index (Phi) is 4.54. The number of aliphatic hydroxyl groups is 1. The lowest BCUT2D eigenvalue weighted by atomic mass is 9.97. The van der Waals surface area contributed by atoms with Crippen molar-refractivity contribution in [3.05, 3.63) is 35.9 Å². The van der Waals surface area contributed by atoms with Crippen LogP contribution < -0.4 is 5.73 Å². The highest BCUT2D eigenvalue weighted by Gasteiger charge is 2.20. The topological polar surface area (TPSA) is 49.5 Å². The maximum absolute atomic E-state index is 9.09. The summed E-state index contributed by atoms with van der Waals surface area (Å²) < 4.78 is 0. The van der Waals surface area contributed by atoms with Crippen molar-refractivity contribution in [1.82, 2.24) is 4.90 Å². The molecule has 2 rings (SSSR count). The molecule has 1 aromatic carbocycles. The van der Waals surface area contributed by atoms with Gasteiger partial charge in [0.15, 0.2) is 0 Å². The smallest absolute Gasteiger partial charge is 0.0460 e. The molecule has 1 fully saturated rings. The van der Waals surface area contributed by atoms with Gasteiger partial charge in [0.25, 0.3) is 0 Å². The van der Waals surface area contributed by atoms with E-state index in [1.807, 2.05) is 18.2 Å². The van der Waals surface area contributed by atoms with Crippen LogP contribution in [0, 0.1) is 5.92 Å². The molecule has 1 aliphatic rings. The maximum Gasteiger partial charge on any atom is 0.0460 e. The average Bonchev–Trinajstić information content (AvgIpc) is 2.40. The summed E-state index contributed by atoms with van der Waals surface area (Å²) in [5.74, 6) is 0.499. The van der Waals surface area contributed by atoms with Crippen molar-refractivity contribution in [2.75, 3.05) is 26.2 Å². The van der Waals surface area contributed by atoms with Crippen molar-refractivity contribution in [2.45, 2.75) is 18.9 Å². The number of nitrogens with two attached hydrogens (primary N) is 1. The normalized spacial score (nSPS) is 20.4. The van der Waals surface area contributed by atoms with E-state index in [4.69, 9.17) is 10.8 Å². The van der Waals surface area contributed by atoms with Crippen LogP contribution in [0.15, 0.2) is 30.3 Å². The average molecular weight is 234 g/mol. The van der Waals surface area contributed by atoms with Crippen LogP contribution >= 0.6 is 0 Å². The molecule has 3 heteroatoms. The number of aliphatic hydroxyl groups excluding tert-OH is 1. The maximum atomic E-state index is 9.09. The van der Waals surface area contributed by atoms with E-state index in [0.717, 1.165) is 32.5 Å². The molecule has 1 heterocycles. The van der Waals surface area contributed by atoms with E-state index in [-0.39, 0.29) is 6.04 Å². The summed E-state index contributed by atoms with van der Waals surface area (Å²) in [4.78, 5) is 2.41. The van der Waals surface area contributed by atoms with E-state index in [9.17, 15) is 0 Å². The molecule has 3 N–H and O–H groups in total. The van der Waals surface area contributed by atoms with Crippen LogP contribution in [0.1, 0.15) is 24.4 Å². The van der Waals surface area contributed by atoms with Gasteiger partial charge in [0.05, 0.1) is 0 Å². The lowest BCUT2D eigenvalue weighted by Crippen LogP contribution is -2.39. The van der Waals surface area contributed by atoms with Crippen LogP contribution in [0.25, 0.3) is 0 Å². The molecule has 3 nitrogen and oxygen atoms in total. The summed E-state index contributed by atoms with van der Waals surface area (Å²) >= 11 is 0. The number of likely N-dealkylation sites (tertiary alicyclic amines) is 1. The zero-order valence-electron chi connectivity index (χ0n) is 10.3. The third kappa shape index (κ3) is 3.53. The van der Waals surface area contributed by atoms with Crippen LogP contribution in [0.3, 0.4) is 0 Å². The minimum atomic E-state index is 0.0990. The van der Waals surface area contributed by atoms with Gasteiger partial charge in [-0.3, -0.25) is 0 Å². The predicted molar refractivity (Wildman–Crippen MR) is 69.6 cm³/mol. The van der Waals surface area contributed by atoms with Gasteiger partial charge in [-0.15, -0.1) is 0 Å². The van der Waals surface area contributed by atoms with E-state index in [0.29, 0.717) is 12.5 Å². The first-order chi connectivity index (χ1) is 8.29. The Morgan fingerprint density at radius 3 is 2.47 bits per heavy atom. The fourth-order valence-corrected chi connectivity index (χ4v) is 2.44.